The summed E-state index contributed by atoms with van der Waals surface area (Å²) >= 11 is 3.71. The lowest BCUT2D eigenvalue weighted by Crippen LogP contribution is -2.00. The maximum atomic E-state index is 4.73. The molecule has 0 saturated carbocycles. The maximum Gasteiger partial charge on any atom is 0.142 e. The Labute approximate surface area is 129 Å². The molecule has 0 fully saturated rings. The molecule has 110 valence electrons. The van der Waals surface area contributed by atoms with E-state index in [9.17, 15) is 0 Å². The van der Waals surface area contributed by atoms with Crippen LogP contribution in [0.1, 0.15) is 42.5 Å². The normalized spacial score (nSPS) is 11.2. The van der Waals surface area contributed by atoms with E-state index in [1.54, 1.807) is 11.3 Å². The number of nitrogens with zero attached hydrogens (tertiary/aromatic N) is 2. The van der Waals surface area contributed by atoms with Crippen LogP contribution in [0.15, 0.2) is 0 Å². The summed E-state index contributed by atoms with van der Waals surface area (Å²) < 4.78 is 0. The van der Waals surface area contributed by atoms with Crippen LogP contribution in [0.5, 0.6) is 0 Å². The van der Waals surface area contributed by atoms with Gasteiger partial charge in [-0.3, -0.25) is 0 Å². The van der Waals surface area contributed by atoms with E-state index >= 15 is 0 Å². The van der Waals surface area contributed by atoms with Gasteiger partial charge in [0.2, 0.25) is 0 Å². The Hall–Kier alpha value is -0.810. The molecule has 2 heterocycles. The van der Waals surface area contributed by atoms with Crippen molar-refractivity contribution in [3.8, 4) is 0 Å². The van der Waals surface area contributed by atoms with Crippen molar-refractivity contribution in [3.05, 3.63) is 16.3 Å². The van der Waals surface area contributed by atoms with Crippen molar-refractivity contribution in [2.75, 3.05) is 18.1 Å². The minimum absolute atomic E-state index is 0.907. The minimum atomic E-state index is 0.907. The zero-order valence-electron chi connectivity index (χ0n) is 12.7. The van der Waals surface area contributed by atoms with E-state index < -0.39 is 0 Å². The first-order valence-electron chi connectivity index (χ1n) is 7.19. The van der Waals surface area contributed by atoms with Crippen LogP contribution in [-0.2, 0) is 5.75 Å². The second-order valence-corrected chi connectivity index (χ2v) is 7.27. The van der Waals surface area contributed by atoms with Gasteiger partial charge in [0.25, 0.3) is 0 Å². The first-order chi connectivity index (χ1) is 9.67. The third-order valence-corrected chi connectivity index (χ3v) is 5.58. The van der Waals surface area contributed by atoms with Gasteiger partial charge in [0.15, 0.2) is 0 Å². The number of fused-ring (bicyclic) bond motifs is 1. The number of hydrogen-bond donors (Lipinski definition) is 1. The highest BCUT2D eigenvalue weighted by atomic mass is 32.2. The molecule has 2 aromatic heterocycles. The summed E-state index contributed by atoms with van der Waals surface area (Å²) in [6.07, 6.45) is 3.89. The molecule has 0 radical (unpaired) electrons. The third kappa shape index (κ3) is 3.44. The van der Waals surface area contributed by atoms with Crippen LogP contribution in [0.4, 0.5) is 5.82 Å². The topological polar surface area (TPSA) is 37.8 Å². The van der Waals surface area contributed by atoms with Crippen molar-refractivity contribution in [2.45, 2.75) is 45.8 Å². The molecule has 5 heteroatoms. The van der Waals surface area contributed by atoms with Crippen LogP contribution in [0, 0.1) is 13.8 Å². The summed E-state index contributed by atoms with van der Waals surface area (Å²) in [5, 5.41) is 4.41. The molecule has 3 nitrogen and oxygen atoms in total. The average Bonchev–Trinajstić information content (AvgIpc) is 2.73. The molecule has 0 aliphatic heterocycles. The lowest BCUT2D eigenvalue weighted by Gasteiger charge is -2.06. The summed E-state index contributed by atoms with van der Waals surface area (Å²) in [7, 11) is 1.94. The van der Waals surface area contributed by atoms with E-state index in [4.69, 9.17) is 4.98 Å². The van der Waals surface area contributed by atoms with Gasteiger partial charge in [0, 0.05) is 11.9 Å². The molecule has 0 unspecified atom stereocenters. The van der Waals surface area contributed by atoms with Crippen molar-refractivity contribution in [3.63, 3.8) is 0 Å². The number of thioether (sulfide) groups is 1. The number of aromatic nitrogens is 2. The molecular formula is C15H23N3S2. The second kappa shape index (κ2) is 7.27. The van der Waals surface area contributed by atoms with Crippen LogP contribution in [0.2, 0.25) is 0 Å². The Balaban J connectivity index is 2.15. The molecule has 0 spiro atoms. The van der Waals surface area contributed by atoms with Crippen LogP contribution in [0.25, 0.3) is 10.2 Å². The molecule has 0 aliphatic rings. The largest absolute Gasteiger partial charge is 0.372 e. The number of thiophene rings is 1. The van der Waals surface area contributed by atoms with Gasteiger partial charge in [-0.15, -0.1) is 11.3 Å². The Morgan fingerprint density at radius 2 is 2.00 bits per heavy atom. The van der Waals surface area contributed by atoms with Gasteiger partial charge in [-0.25, -0.2) is 9.97 Å². The fourth-order valence-corrected chi connectivity index (χ4v) is 4.07. The molecule has 0 atom stereocenters. The monoisotopic (exact) mass is 309 g/mol. The van der Waals surface area contributed by atoms with E-state index in [2.05, 4.69) is 31.1 Å². The smallest absolute Gasteiger partial charge is 0.142 e. The number of aryl methyl sites for hydroxylation is 2. The van der Waals surface area contributed by atoms with Crippen molar-refractivity contribution in [2.24, 2.45) is 0 Å². The molecular weight excluding hydrogens is 286 g/mol. The van der Waals surface area contributed by atoms with Gasteiger partial charge in [-0.1, -0.05) is 19.8 Å². The number of rotatable bonds is 7. The average molecular weight is 310 g/mol. The zero-order chi connectivity index (χ0) is 14.5. The van der Waals surface area contributed by atoms with Crippen LogP contribution in [-0.4, -0.2) is 22.8 Å². The highest BCUT2D eigenvalue weighted by Crippen LogP contribution is 2.33. The standard InChI is InChI=1S/C15H23N3S2/c1-5-6-7-8-19-9-12-17-14(16-4)13-10(2)11(3)20-15(13)18-12/h5-9H2,1-4H3,(H,16,17,18). The Kier molecular flexibility index (Phi) is 5.66. The highest BCUT2D eigenvalue weighted by Gasteiger charge is 2.13. The van der Waals surface area contributed by atoms with E-state index in [0.29, 0.717) is 0 Å². The molecule has 0 amide bonds. The molecule has 1 N–H and O–H groups in total. The van der Waals surface area contributed by atoms with Gasteiger partial charge in [-0.2, -0.15) is 11.8 Å². The fourth-order valence-electron chi connectivity index (χ4n) is 2.16. The number of nitrogens with one attached hydrogen (secondary N) is 1. The van der Waals surface area contributed by atoms with Crippen molar-refractivity contribution >= 4 is 39.1 Å². The third-order valence-electron chi connectivity index (χ3n) is 3.44. The van der Waals surface area contributed by atoms with Crippen molar-refractivity contribution < 1.29 is 0 Å². The predicted molar refractivity (Wildman–Crippen MR) is 92.1 cm³/mol. The Morgan fingerprint density at radius 3 is 2.70 bits per heavy atom. The van der Waals surface area contributed by atoms with Crippen LogP contribution < -0.4 is 5.32 Å². The number of anilines is 1. The summed E-state index contributed by atoms with van der Waals surface area (Å²) in [6, 6.07) is 0. The van der Waals surface area contributed by atoms with Gasteiger partial charge in [0.05, 0.1) is 11.1 Å². The predicted octanol–water partition coefficient (Wildman–Crippen LogP) is 4.77. The quantitative estimate of drug-likeness (QED) is 0.747. The molecule has 2 aromatic rings. The summed E-state index contributed by atoms with van der Waals surface area (Å²) in [6.45, 7) is 6.54. The van der Waals surface area contributed by atoms with Gasteiger partial charge in [-0.05, 0) is 31.6 Å². The molecule has 0 aromatic carbocycles. The molecule has 20 heavy (non-hydrogen) atoms. The SMILES string of the molecule is CCCCCSCc1nc(NC)c2c(C)c(C)sc2n1. The van der Waals surface area contributed by atoms with E-state index in [1.807, 2.05) is 18.8 Å². The van der Waals surface area contributed by atoms with Gasteiger partial charge < -0.3 is 5.32 Å². The molecule has 0 aliphatic carbocycles. The summed E-state index contributed by atoms with van der Waals surface area (Å²) in [5.74, 6) is 4.03. The van der Waals surface area contributed by atoms with Crippen LogP contribution >= 0.6 is 23.1 Å². The molecule has 2 rings (SSSR count). The Bertz CT molecular complexity index is 578. The minimum Gasteiger partial charge on any atom is -0.372 e. The first-order valence-corrected chi connectivity index (χ1v) is 9.16. The maximum absolute atomic E-state index is 4.73. The van der Waals surface area contributed by atoms with Gasteiger partial charge >= 0.3 is 0 Å². The lowest BCUT2D eigenvalue weighted by molar-refractivity contribution is 0.778. The second-order valence-electron chi connectivity index (χ2n) is 4.96. The van der Waals surface area contributed by atoms with Crippen molar-refractivity contribution in [1.82, 2.24) is 9.97 Å². The number of hydrogen-bond acceptors (Lipinski definition) is 5. The van der Waals surface area contributed by atoms with E-state index in [-0.39, 0.29) is 0 Å². The van der Waals surface area contributed by atoms with Gasteiger partial charge in [0.1, 0.15) is 16.5 Å². The lowest BCUT2D eigenvalue weighted by atomic mass is 10.2. The molecule has 0 saturated heterocycles. The van der Waals surface area contributed by atoms with E-state index in [0.717, 1.165) is 22.2 Å². The van der Waals surface area contributed by atoms with Crippen molar-refractivity contribution in [1.29, 1.82) is 0 Å². The summed E-state index contributed by atoms with van der Waals surface area (Å²) in [5.41, 5.74) is 1.30. The summed E-state index contributed by atoms with van der Waals surface area (Å²) in [4.78, 5) is 11.9. The first kappa shape index (κ1) is 15.6. The zero-order valence-corrected chi connectivity index (χ0v) is 14.4. The van der Waals surface area contributed by atoms with Crippen LogP contribution in [0.3, 0.4) is 0 Å². The highest BCUT2D eigenvalue weighted by molar-refractivity contribution is 7.98. The number of unbranched alkanes of at least 4 members (excludes halogenated alkanes) is 2. The fraction of sp³-hybridized carbons (Fsp3) is 0.600. The van der Waals surface area contributed by atoms with E-state index in [1.165, 1.54) is 40.8 Å². The Morgan fingerprint density at radius 1 is 1.20 bits per heavy atom. The molecule has 0 bridgehead atoms.